The van der Waals surface area contributed by atoms with Crippen molar-refractivity contribution in [2.75, 3.05) is 6.26 Å². The van der Waals surface area contributed by atoms with E-state index in [0.717, 1.165) is 16.3 Å². The number of hydrogen-bond donors (Lipinski definition) is 0. The number of nitrogens with zero attached hydrogens (tertiary/aromatic N) is 1. The van der Waals surface area contributed by atoms with Gasteiger partial charge in [-0.15, -0.1) is 11.3 Å². The fourth-order valence-corrected chi connectivity index (χ4v) is 4.63. The third-order valence-electron chi connectivity index (χ3n) is 4.28. The van der Waals surface area contributed by atoms with Crippen LogP contribution in [0.25, 0.3) is 32.9 Å². The molecule has 3 heteroatoms. The fraction of sp³-hybridized carbons (Fsp3) is 0.0870. The van der Waals surface area contributed by atoms with E-state index in [-0.39, 0.29) is 0 Å². The second kappa shape index (κ2) is 7.90. The number of fused-ring (bicyclic) bond motifs is 1. The summed E-state index contributed by atoms with van der Waals surface area (Å²) in [6.45, 7) is 0. The minimum absolute atomic E-state index is 0.973. The van der Waals surface area contributed by atoms with Crippen molar-refractivity contribution in [3.8, 4) is 10.6 Å². The van der Waals surface area contributed by atoms with Crippen molar-refractivity contribution in [2.24, 2.45) is 0 Å². The highest BCUT2D eigenvalue weighted by Crippen LogP contribution is 2.35. The number of thiazole rings is 1. The van der Waals surface area contributed by atoms with E-state index in [1.165, 1.54) is 27.0 Å². The summed E-state index contributed by atoms with van der Waals surface area (Å²) < 4.78 is 1.24. The molecule has 128 valence electrons. The van der Waals surface area contributed by atoms with Crippen molar-refractivity contribution in [1.82, 2.24) is 4.98 Å². The van der Waals surface area contributed by atoms with Crippen molar-refractivity contribution in [3.05, 3.63) is 89.5 Å². The van der Waals surface area contributed by atoms with Crippen molar-refractivity contribution >= 4 is 45.5 Å². The lowest BCUT2D eigenvalue weighted by Crippen LogP contribution is -1.91. The average Bonchev–Trinajstić information content (AvgIpc) is 3.12. The lowest BCUT2D eigenvalue weighted by atomic mass is 10.0. The molecule has 0 aliphatic rings. The Morgan fingerprint density at radius 2 is 1.69 bits per heavy atom. The predicted molar refractivity (Wildman–Crippen MR) is 118 cm³/mol. The SMILES string of the molecule is CSCc1c(C=Cc2ccccc2)cccc1-c1nc2ccccc2s1. The Bertz CT molecular complexity index is 1020. The topological polar surface area (TPSA) is 12.9 Å². The third-order valence-corrected chi connectivity index (χ3v) is 5.93. The lowest BCUT2D eigenvalue weighted by molar-refractivity contribution is 1.37. The average molecular weight is 374 g/mol. The molecule has 0 N–H and O–H groups in total. The van der Waals surface area contributed by atoms with Gasteiger partial charge in [0, 0.05) is 11.3 Å². The smallest absolute Gasteiger partial charge is 0.124 e. The summed E-state index contributed by atoms with van der Waals surface area (Å²) in [5, 5.41) is 1.10. The molecule has 0 saturated heterocycles. The van der Waals surface area contributed by atoms with E-state index in [9.17, 15) is 0 Å². The molecule has 0 aliphatic carbocycles. The molecule has 0 aliphatic heterocycles. The molecule has 1 heterocycles. The number of hydrogen-bond acceptors (Lipinski definition) is 3. The van der Waals surface area contributed by atoms with E-state index in [1.807, 2.05) is 23.9 Å². The van der Waals surface area contributed by atoms with Crippen LogP contribution in [0.15, 0.2) is 72.8 Å². The Morgan fingerprint density at radius 3 is 2.50 bits per heavy atom. The Morgan fingerprint density at radius 1 is 0.885 bits per heavy atom. The van der Waals surface area contributed by atoms with E-state index >= 15 is 0 Å². The monoisotopic (exact) mass is 373 g/mol. The van der Waals surface area contributed by atoms with Crippen LogP contribution in [0.3, 0.4) is 0 Å². The van der Waals surface area contributed by atoms with E-state index in [4.69, 9.17) is 4.98 Å². The first-order valence-corrected chi connectivity index (χ1v) is 10.8. The van der Waals surface area contributed by atoms with Crippen LogP contribution in [0, 0.1) is 0 Å². The van der Waals surface area contributed by atoms with Gasteiger partial charge in [0.25, 0.3) is 0 Å². The zero-order valence-electron chi connectivity index (χ0n) is 14.6. The highest BCUT2D eigenvalue weighted by atomic mass is 32.2. The second-order valence-corrected chi connectivity index (χ2v) is 7.93. The van der Waals surface area contributed by atoms with Crippen molar-refractivity contribution in [1.29, 1.82) is 0 Å². The first-order valence-electron chi connectivity index (χ1n) is 8.55. The van der Waals surface area contributed by atoms with Gasteiger partial charge in [0.05, 0.1) is 10.2 Å². The van der Waals surface area contributed by atoms with Gasteiger partial charge in [-0.1, -0.05) is 72.8 Å². The summed E-state index contributed by atoms with van der Waals surface area (Å²) in [6, 6.07) is 25.3. The quantitative estimate of drug-likeness (QED) is 0.349. The highest BCUT2D eigenvalue weighted by molar-refractivity contribution is 7.97. The molecular formula is C23H19NS2. The summed E-state index contributed by atoms with van der Waals surface area (Å²) in [5.41, 5.74) is 6.16. The highest BCUT2D eigenvalue weighted by Gasteiger charge is 2.12. The van der Waals surface area contributed by atoms with Crippen molar-refractivity contribution in [2.45, 2.75) is 5.75 Å². The Labute approximate surface area is 162 Å². The largest absolute Gasteiger partial charge is 0.236 e. The molecule has 0 spiro atoms. The zero-order valence-corrected chi connectivity index (χ0v) is 16.2. The van der Waals surface area contributed by atoms with Gasteiger partial charge in [-0.25, -0.2) is 4.98 Å². The summed E-state index contributed by atoms with van der Waals surface area (Å²) in [7, 11) is 0. The van der Waals surface area contributed by atoms with Crippen molar-refractivity contribution in [3.63, 3.8) is 0 Å². The van der Waals surface area contributed by atoms with E-state index < -0.39 is 0 Å². The fourth-order valence-electron chi connectivity index (χ4n) is 3.00. The molecule has 26 heavy (non-hydrogen) atoms. The number of aromatic nitrogens is 1. The summed E-state index contributed by atoms with van der Waals surface area (Å²) in [6.07, 6.45) is 6.55. The minimum Gasteiger partial charge on any atom is -0.236 e. The van der Waals surface area contributed by atoms with Crippen LogP contribution in [0.2, 0.25) is 0 Å². The van der Waals surface area contributed by atoms with Gasteiger partial charge < -0.3 is 0 Å². The van der Waals surface area contributed by atoms with Gasteiger partial charge in [0.1, 0.15) is 5.01 Å². The maximum atomic E-state index is 4.87. The Kier molecular flexibility index (Phi) is 5.19. The van der Waals surface area contributed by atoms with Gasteiger partial charge in [-0.3, -0.25) is 0 Å². The van der Waals surface area contributed by atoms with E-state index in [0.29, 0.717) is 0 Å². The molecular weight excluding hydrogens is 354 g/mol. The van der Waals surface area contributed by atoms with Crippen molar-refractivity contribution < 1.29 is 0 Å². The molecule has 0 unspecified atom stereocenters. The molecule has 0 radical (unpaired) electrons. The molecule has 4 aromatic rings. The number of benzene rings is 3. The van der Waals surface area contributed by atoms with Gasteiger partial charge in [-0.05, 0) is 35.1 Å². The van der Waals surface area contributed by atoms with E-state index in [1.54, 1.807) is 11.3 Å². The molecule has 0 atom stereocenters. The summed E-state index contributed by atoms with van der Waals surface area (Å²) >= 11 is 3.62. The molecule has 1 nitrogen and oxygen atoms in total. The van der Waals surface area contributed by atoms with Gasteiger partial charge in [-0.2, -0.15) is 11.8 Å². The first-order chi connectivity index (χ1) is 12.8. The molecule has 0 fully saturated rings. The van der Waals surface area contributed by atoms with Crippen LogP contribution in [-0.2, 0) is 5.75 Å². The van der Waals surface area contributed by atoms with Crippen LogP contribution in [-0.4, -0.2) is 11.2 Å². The Hall–Kier alpha value is -2.36. The zero-order chi connectivity index (χ0) is 17.8. The molecule has 3 aromatic carbocycles. The molecule has 4 rings (SSSR count). The number of thioether (sulfide) groups is 1. The second-order valence-electron chi connectivity index (χ2n) is 6.04. The summed E-state index contributed by atoms with van der Waals surface area (Å²) in [4.78, 5) is 4.87. The van der Waals surface area contributed by atoms with Crippen LogP contribution in [0.4, 0.5) is 0 Å². The predicted octanol–water partition coefficient (Wildman–Crippen LogP) is 7.00. The lowest BCUT2D eigenvalue weighted by Gasteiger charge is -2.10. The van der Waals surface area contributed by atoms with Crippen LogP contribution in [0.1, 0.15) is 16.7 Å². The van der Waals surface area contributed by atoms with Gasteiger partial charge in [0.15, 0.2) is 0 Å². The van der Waals surface area contributed by atoms with Crippen LogP contribution >= 0.6 is 23.1 Å². The van der Waals surface area contributed by atoms with Gasteiger partial charge >= 0.3 is 0 Å². The molecule has 0 bridgehead atoms. The Balaban J connectivity index is 1.78. The molecule has 0 saturated carbocycles. The van der Waals surface area contributed by atoms with Crippen LogP contribution in [0.5, 0.6) is 0 Å². The normalized spacial score (nSPS) is 11.4. The molecule has 0 amide bonds. The minimum atomic E-state index is 0.973. The van der Waals surface area contributed by atoms with Crippen LogP contribution < -0.4 is 0 Å². The first kappa shape index (κ1) is 17.1. The maximum absolute atomic E-state index is 4.87. The number of rotatable bonds is 5. The van der Waals surface area contributed by atoms with E-state index in [2.05, 4.69) is 79.1 Å². The maximum Gasteiger partial charge on any atom is 0.124 e. The standard InChI is InChI=1S/C23H19NS2/c1-25-16-20-18(15-14-17-8-3-2-4-9-17)10-7-11-19(20)23-24-21-12-5-6-13-22(21)26-23/h2-15H,16H2,1H3. The third kappa shape index (κ3) is 3.59. The number of para-hydroxylation sites is 1. The summed E-state index contributed by atoms with van der Waals surface area (Å²) in [5.74, 6) is 0.973. The van der Waals surface area contributed by atoms with Gasteiger partial charge in [0.2, 0.25) is 0 Å². The molecule has 1 aromatic heterocycles.